The number of carbonyl (C=O) groups excluding carboxylic acids is 6. The van der Waals surface area contributed by atoms with Gasteiger partial charge < -0.3 is 57.5 Å². The number of ether oxygens (including phenoxy) is 10. The summed E-state index contributed by atoms with van der Waals surface area (Å²) in [6.07, 6.45) is 16.6. The second kappa shape index (κ2) is 34.6. The van der Waals surface area contributed by atoms with E-state index in [4.69, 9.17) is 47.4 Å². The highest BCUT2D eigenvalue weighted by molar-refractivity contribution is 5.90. The summed E-state index contributed by atoms with van der Waals surface area (Å²) in [5.74, 6) is -3.20. The number of amides is 1. The number of unbranched alkanes of at least 4 members (excludes halogenated alkanes) is 9. The van der Waals surface area contributed by atoms with E-state index < -0.39 is 96.3 Å². The Kier molecular flexibility index (Phi) is 26.5. The van der Waals surface area contributed by atoms with Crippen molar-refractivity contribution in [3.63, 3.8) is 0 Å². The third-order valence-electron chi connectivity index (χ3n) is 28.7. The van der Waals surface area contributed by atoms with Crippen molar-refractivity contribution in [3.05, 3.63) is 119 Å². The normalized spacial score (nSPS) is 38.1. The van der Waals surface area contributed by atoms with Crippen LogP contribution in [0.25, 0.3) is 0 Å². The van der Waals surface area contributed by atoms with Crippen LogP contribution in [0.1, 0.15) is 256 Å². The molecule has 5 aliphatic carbocycles. The second-order valence-electron chi connectivity index (χ2n) is 35.4. The lowest BCUT2D eigenvalue weighted by molar-refractivity contribution is -0.330. The van der Waals surface area contributed by atoms with E-state index in [9.17, 15) is 28.8 Å². The summed E-state index contributed by atoms with van der Waals surface area (Å²) >= 11 is 0. The molecule has 17 nitrogen and oxygen atoms in total. The highest BCUT2D eigenvalue weighted by Gasteiger charge is 2.70. The van der Waals surface area contributed by atoms with Crippen LogP contribution in [0.3, 0.4) is 0 Å². The topological polar surface area (TPSA) is 207 Å². The van der Waals surface area contributed by atoms with Crippen LogP contribution in [0.5, 0.6) is 0 Å². The Morgan fingerprint density at radius 1 is 0.519 bits per heavy atom. The molecule has 0 spiro atoms. The molecule has 3 heterocycles. The van der Waals surface area contributed by atoms with Gasteiger partial charge in [0.1, 0.15) is 12.9 Å². The van der Waals surface area contributed by atoms with Gasteiger partial charge in [0.15, 0.2) is 37.2 Å². The van der Waals surface area contributed by atoms with Crippen LogP contribution in [0.15, 0.2) is 103 Å². The third-order valence-corrected chi connectivity index (χ3v) is 28.7. The van der Waals surface area contributed by atoms with Gasteiger partial charge in [-0.1, -0.05) is 214 Å². The molecule has 17 unspecified atom stereocenters. The van der Waals surface area contributed by atoms with E-state index in [-0.39, 0.29) is 101 Å². The summed E-state index contributed by atoms with van der Waals surface area (Å²) in [5, 5.41) is 3.55. The van der Waals surface area contributed by atoms with Gasteiger partial charge in [-0.3, -0.25) is 9.59 Å². The van der Waals surface area contributed by atoms with Gasteiger partial charge in [0.05, 0.1) is 65.1 Å². The maximum absolute atomic E-state index is 15.0. The number of rotatable bonds is 29. The third kappa shape index (κ3) is 16.9. The number of esters is 4. The molecular weight excluding hydrogens is 1340 g/mol. The van der Waals surface area contributed by atoms with Gasteiger partial charge in [-0.05, 0) is 164 Å². The zero-order valence-electron chi connectivity index (χ0n) is 66.3. The zero-order chi connectivity index (χ0) is 75.9. The van der Waals surface area contributed by atoms with E-state index in [0.29, 0.717) is 23.1 Å². The highest BCUT2D eigenvalue weighted by Crippen LogP contribution is 2.76. The monoisotopic (exact) mass is 1470 g/mol. The number of aldehydes is 1. The van der Waals surface area contributed by atoms with Crippen LogP contribution in [-0.2, 0) is 61.8 Å². The van der Waals surface area contributed by atoms with Gasteiger partial charge in [0, 0.05) is 31.2 Å². The van der Waals surface area contributed by atoms with Crippen molar-refractivity contribution in [3.8, 4) is 0 Å². The Bertz CT molecular complexity index is 3480. The molecule has 0 aromatic heterocycles. The first-order valence-corrected chi connectivity index (χ1v) is 40.8. The molecule has 3 aromatic carbocycles. The van der Waals surface area contributed by atoms with Gasteiger partial charge in [0.25, 0.3) is 0 Å². The van der Waals surface area contributed by atoms with Crippen molar-refractivity contribution in [2.75, 3.05) is 26.4 Å². The number of hydrogen-bond donors (Lipinski definition) is 1. The Morgan fingerprint density at radius 2 is 0.972 bits per heavy atom. The fraction of sp³-hybridized carbons (Fsp3) is 0.708. The standard InChI is InChI=1S/C89H127NO16/c1-15-16-17-18-19-20-21-22-23-33-50-90-83(96)89-48-46-84(9,10)51-67(89)66-40-41-72-85(11)44-43-73(86(12,55-91)71(85)42-45-88(72,14)87(66,13)47-49-89)103-82-76(106-79(95)65-38-31-26-32-39-65)61(7)58(4)70(102-82)54-99-81-75(105-78(94)64-36-29-25-30-37-64)60(6)57(3)69(101-81)53-98-80-74(104-77(93)63-34-27-24-28-35-63)59(5)56(2)68(100-80)52-97-62(8)92/h24-32,34-40,55-61,67-76,80-82H,15-23,33,41-54H2,1-14H3,(H,90,96)/t56?,57?,58?,59?,60?,61?,67-,68?,69?,70?,71?,72?,73-,74?,75?,76?,80?,81?,82?,85-,86-,87+,88+,89-/m0/s1. The smallest absolute Gasteiger partial charge is 0.338 e. The number of fused-ring (bicyclic) bond motifs is 7. The van der Waals surface area contributed by atoms with Gasteiger partial charge in [-0.2, -0.15) is 0 Å². The summed E-state index contributed by atoms with van der Waals surface area (Å²) in [6.45, 7) is 30.7. The average molecular weight is 1470 g/mol. The molecule has 24 atom stereocenters. The summed E-state index contributed by atoms with van der Waals surface area (Å²) in [4.78, 5) is 83.8. The molecule has 3 saturated heterocycles. The molecule has 1 amide bonds. The minimum Gasteiger partial charge on any atom is -0.463 e. The molecular formula is C89H127NO16. The fourth-order valence-corrected chi connectivity index (χ4v) is 21.0. The predicted molar refractivity (Wildman–Crippen MR) is 406 cm³/mol. The van der Waals surface area contributed by atoms with Crippen LogP contribution in [0.2, 0.25) is 0 Å². The van der Waals surface area contributed by atoms with Crippen LogP contribution < -0.4 is 5.32 Å². The lowest BCUT2D eigenvalue weighted by atomic mass is 9.33. The molecule has 1 N–H and O–H groups in total. The molecule has 584 valence electrons. The van der Waals surface area contributed by atoms with E-state index in [1.165, 1.54) is 63.9 Å². The van der Waals surface area contributed by atoms with Gasteiger partial charge in [-0.25, -0.2) is 14.4 Å². The first-order valence-electron chi connectivity index (χ1n) is 40.8. The quantitative estimate of drug-likeness (QED) is 0.0171. The molecule has 0 radical (unpaired) electrons. The van der Waals surface area contributed by atoms with Crippen LogP contribution in [0.4, 0.5) is 0 Å². The Balaban J connectivity index is 0.821. The minimum absolute atomic E-state index is 0.0283. The van der Waals surface area contributed by atoms with Crippen molar-refractivity contribution in [1.82, 2.24) is 5.32 Å². The average Bonchev–Trinajstić information content (AvgIpc) is 0.682. The lowest BCUT2D eigenvalue weighted by Gasteiger charge is -2.71. The predicted octanol–water partition coefficient (Wildman–Crippen LogP) is 17.7. The highest BCUT2D eigenvalue weighted by atomic mass is 16.8. The Labute approximate surface area is 632 Å². The van der Waals surface area contributed by atoms with E-state index in [1.807, 2.05) is 59.7 Å². The van der Waals surface area contributed by atoms with E-state index in [1.54, 1.807) is 72.8 Å². The number of benzene rings is 3. The molecule has 4 saturated carbocycles. The Morgan fingerprint density at radius 3 is 1.45 bits per heavy atom. The fourth-order valence-electron chi connectivity index (χ4n) is 21.0. The molecule has 11 rings (SSSR count). The van der Waals surface area contributed by atoms with Crippen molar-refractivity contribution >= 4 is 36.1 Å². The number of hydrogen-bond acceptors (Lipinski definition) is 16. The minimum atomic E-state index is -1.16. The summed E-state index contributed by atoms with van der Waals surface area (Å²) < 4.78 is 66.5. The molecule has 3 aliphatic heterocycles. The van der Waals surface area contributed by atoms with Gasteiger partial charge >= 0.3 is 23.9 Å². The summed E-state index contributed by atoms with van der Waals surface area (Å²) in [7, 11) is 0. The second-order valence-corrected chi connectivity index (χ2v) is 35.4. The maximum Gasteiger partial charge on any atom is 0.338 e. The van der Waals surface area contributed by atoms with Gasteiger partial charge in [0.2, 0.25) is 5.91 Å². The molecule has 3 aromatic rings. The number of carbonyl (C=O) groups is 6. The largest absolute Gasteiger partial charge is 0.463 e. The van der Waals surface area contributed by atoms with Crippen molar-refractivity contribution in [2.45, 2.75) is 287 Å². The van der Waals surface area contributed by atoms with E-state index >= 15 is 0 Å². The van der Waals surface area contributed by atoms with E-state index in [2.05, 4.69) is 59.9 Å². The zero-order valence-corrected chi connectivity index (χ0v) is 66.3. The Hall–Kier alpha value is -5.82. The maximum atomic E-state index is 15.0. The summed E-state index contributed by atoms with van der Waals surface area (Å²) in [5.41, 5.74) is 0.907. The SMILES string of the molecule is CCCCCCCCCCCCNC(=O)[C@]12CCC(C)(C)C[C@H]1C1=CCC3[C@@]4(C)CC[C@H](OC5OC(COC6OC(COC7OC(COC(C)=O)C(C)C(C)C7OC(=O)c7ccccc7)C(C)C(C)C6OC(=O)c6ccccc6)C(C)C(C)C5OC(=O)c5ccccc5)[C@@](C)(C=O)C4CC[C@@]3(C)[C@]1(C)CC2. The first-order chi connectivity index (χ1) is 50.6. The van der Waals surface area contributed by atoms with Crippen LogP contribution in [-0.4, -0.2) is 124 Å². The van der Waals surface area contributed by atoms with Crippen molar-refractivity contribution in [1.29, 1.82) is 0 Å². The lowest BCUT2D eigenvalue weighted by Crippen LogP contribution is -2.66. The first kappa shape index (κ1) is 81.2. The number of nitrogens with one attached hydrogen (secondary N) is 1. The molecule has 17 heteroatoms. The molecule has 106 heavy (non-hydrogen) atoms. The molecule has 7 fully saturated rings. The van der Waals surface area contributed by atoms with Gasteiger partial charge in [-0.15, -0.1) is 0 Å². The molecule has 8 aliphatic rings. The summed E-state index contributed by atoms with van der Waals surface area (Å²) in [6, 6.07) is 26.4. The number of allylic oxidation sites excluding steroid dienone is 2. The van der Waals surface area contributed by atoms with Crippen molar-refractivity contribution < 1.29 is 76.1 Å². The van der Waals surface area contributed by atoms with Crippen LogP contribution in [0, 0.1) is 85.8 Å². The van der Waals surface area contributed by atoms with E-state index in [0.717, 1.165) is 83.5 Å². The van der Waals surface area contributed by atoms with Crippen molar-refractivity contribution in [2.24, 2.45) is 85.8 Å². The van der Waals surface area contributed by atoms with Crippen LogP contribution >= 0.6 is 0 Å². The molecule has 0 bridgehead atoms.